The molecule has 0 N–H and O–H groups in total. The largest absolute Gasteiger partial charge is 0.490 e. The van der Waals surface area contributed by atoms with Crippen molar-refractivity contribution in [1.82, 2.24) is 9.80 Å². The third-order valence-corrected chi connectivity index (χ3v) is 5.22. The molecule has 0 spiro atoms. The van der Waals surface area contributed by atoms with Gasteiger partial charge in [0.1, 0.15) is 0 Å². The van der Waals surface area contributed by atoms with Crippen molar-refractivity contribution >= 4 is 27.7 Å². The highest BCUT2D eigenvalue weighted by Gasteiger charge is 2.26. The summed E-state index contributed by atoms with van der Waals surface area (Å²) in [5.41, 5.74) is 0.637. The van der Waals surface area contributed by atoms with Crippen molar-refractivity contribution in [2.75, 3.05) is 39.4 Å². The number of carbonyl (C=O) groups excluding carboxylic acids is 2. The Morgan fingerprint density at radius 3 is 2.11 bits per heavy atom. The van der Waals surface area contributed by atoms with Crippen molar-refractivity contribution in [3.63, 3.8) is 0 Å². The minimum absolute atomic E-state index is 0.0264. The minimum atomic E-state index is -0.0979. The number of amides is 2. The van der Waals surface area contributed by atoms with Gasteiger partial charge < -0.3 is 19.3 Å². The molecule has 1 heterocycles. The molecule has 0 radical (unpaired) electrons. The second-order valence-corrected chi connectivity index (χ2v) is 7.18. The monoisotopic (exact) mass is 446 g/mol. The lowest BCUT2D eigenvalue weighted by Crippen LogP contribution is -2.51. The van der Waals surface area contributed by atoms with Gasteiger partial charge in [-0.25, -0.2) is 0 Å². The number of para-hydroxylation sites is 2. The average molecular weight is 447 g/mol. The molecule has 0 bridgehead atoms. The van der Waals surface area contributed by atoms with Crippen molar-refractivity contribution in [1.29, 1.82) is 0 Å². The molecular weight excluding hydrogens is 424 g/mol. The standard InChI is InChI=1S/C21H23BrN2O4/c1-2-27-18-9-5-6-10-19(18)28-15-20(25)23-11-13-24(14-12-23)21(26)16-7-3-4-8-17(16)22/h3-10H,2,11-15H2,1H3. The van der Waals surface area contributed by atoms with E-state index in [-0.39, 0.29) is 18.4 Å². The van der Waals surface area contributed by atoms with Crippen LogP contribution >= 0.6 is 15.9 Å². The number of benzene rings is 2. The summed E-state index contributed by atoms with van der Waals surface area (Å²) in [4.78, 5) is 28.7. The number of piperazine rings is 1. The molecule has 7 heteroatoms. The van der Waals surface area contributed by atoms with Gasteiger partial charge in [-0.3, -0.25) is 9.59 Å². The molecule has 1 fully saturated rings. The first-order valence-electron chi connectivity index (χ1n) is 9.26. The first-order valence-corrected chi connectivity index (χ1v) is 10.1. The van der Waals surface area contributed by atoms with Crippen LogP contribution < -0.4 is 9.47 Å². The molecule has 1 saturated heterocycles. The van der Waals surface area contributed by atoms with Crippen molar-refractivity contribution in [2.24, 2.45) is 0 Å². The summed E-state index contributed by atoms with van der Waals surface area (Å²) in [5.74, 6) is 1.06. The van der Waals surface area contributed by atoms with Crippen LogP contribution in [0.5, 0.6) is 11.5 Å². The zero-order valence-electron chi connectivity index (χ0n) is 15.8. The fourth-order valence-corrected chi connectivity index (χ4v) is 3.49. The Balaban J connectivity index is 1.52. The van der Waals surface area contributed by atoms with Gasteiger partial charge >= 0.3 is 0 Å². The first-order chi connectivity index (χ1) is 13.6. The van der Waals surface area contributed by atoms with E-state index in [1.54, 1.807) is 21.9 Å². The lowest BCUT2D eigenvalue weighted by molar-refractivity contribution is -0.134. The van der Waals surface area contributed by atoms with Gasteiger partial charge in [0, 0.05) is 30.7 Å². The second kappa shape index (κ2) is 9.59. The SMILES string of the molecule is CCOc1ccccc1OCC(=O)N1CCN(C(=O)c2ccccc2Br)CC1. The van der Waals surface area contributed by atoms with Crippen LogP contribution in [0.25, 0.3) is 0 Å². The molecular formula is C21H23BrN2O4. The number of hydrogen-bond donors (Lipinski definition) is 0. The average Bonchev–Trinajstić information content (AvgIpc) is 2.73. The highest BCUT2D eigenvalue weighted by Crippen LogP contribution is 2.26. The number of nitrogens with zero attached hydrogens (tertiary/aromatic N) is 2. The fraction of sp³-hybridized carbons (Fsp3) is 0.333. The summed E-state index contributed by atoms with van der Waals surface area (Å²) in [6.07, 6.45) is 0. The maximum absolute atomic E-state index is 12.7. The molecule has 1 aliphatic heterocycles. The highest BCUT2D eigenvalue weighted by molar-refractivity contribution is 9.10. The molecule has 0 aromatic heterocycles. The summed E-state index contributed by atoms with van der Waals surface area (Å²) in [7, 11) is 0. The van der Waals surface area contributed by atoms with Crippen LogP contribution in [-0.2, 0) is 4.79 Å². The number of rotatable bonds is 6. The number of ether oxygens (including phenoxy) is 2. The normalized spacial score (nSPS) is 13.9. The van der Waals surface area contributed by atoms with Crippen LogP contribution in [0.3, 0.4) is 0 Å². The van der Waals surface area contributed by atoms with E-state index in [1.807, 2.05) is 43.3 Å². The van der Waals surface area contributed by atoms with E-state index in [0.29, 0.717) is 49.8 Å². The van der Waals surface area contributed by atoms with E-state index >= 15 is 0 Å². The zero-order valence-corrected chi connectivity index (χ0v) is 17.4. The number of halogens is 1. The number of carbonyl (C=O) groups is 2. The topological polar surface area (TPSA) is 59.1 Å². The van der Waals surface area contributed by atoms with Gasteiger partial charge in [-0.2, -0.15) is 0 Å². The molecule has 0 aliphatic carbocycles. The molecule has 0 saturated carbocycles. The summed E-state index contributed by atoms with van der Waals surface area (Å²) in [6, 6.07) is 14.7. The molecule has 2 amide bonds. The Labute approximate surface area is 173 Å². The Bertz CT molecular complexity index is 835. The first kappa shape index (κ1) is 20.2. The fourth-order valence-electron chi connectivity index (χ4n) is 3.04. The molecule has 148 valence electrons. The maximum Gasteiger partial charge on any atom is 0.260 e. The van der Waals surface area contributed by atoms with Gasteiger partial charge in [0.15, 0.2) is 18.1 Å². The van der Waals surface area contributed by atoms with Crippen LogP contribution in [-0.4, -0.2) is 61.0 Å². The predicted molar refractivity (Wildman–Crippen MR) is 110 cm³/mol. The lowest BCUT2D eigenvalue weighted by Gasteiger charge is -2.35. The third-order valence-electron chi connectivity index (χ3n) is 4.52. The smallest absolute Gasteiger partial charge is 0.260 e. The van der Waals surface area contributed by atoms with Crippen molar-refractivity contribution in [2.45, 2.75) is 6.92 Å². The van der Waals surface area contributed by atoms with Crippen LogP contribution in [0.4, 0.5) is 0 Å². The van der Waals surface area contributed by atoms with Crippen LogP contribution in [0.1, 0.15) is 17.3 Å². The molecule has 28 heavy (non-hydrogen) atoms. The van der Waals surface area contributed by atoms with Crippen molar-refractivity contribution in [3.05, 3.63) is 58.6 Å². The van der Waals surface area contributed by atoms with Crippen molar-refractivity contribution in [3.8, 4) is 11.5 Å². The minimum Gasteiger partial charge on any atom is -0.490 e. The molecule has 2 aromatic carbocycles. The quantitative estimate of drug-likeness (QED) is 0.683. The summed E-state index contributed by atoms with van der Waals surface area (Å²) in [6.45, 7) is 4.36. The van der Waals surface area contributed by atoms with Crippen LogP contribution in [0.15, 0.2) is 53.0 Å². The van der Waals surface area contributed by atoms with Gasteiger partial charge in [0.2, 0.25) is 0 Å². The molecule has 3 rings (SSSR count). The highest BCUT2D eigenvalue weighted by atomic mass is 79.9. The Hall–Kier alpha value is -2.54. The van der Waals surface area contributed by atoms with E-state index in [0.717, 1.165) is 4.47 Å². The van der Waals surface area contributed by atoms with Gasteiger partial charge in [0.05, 0.1) is 12.2 Å². The number of hydrogen-bond acceptors (Lipinski definition) is 4. The van der Waals surface area contributed by atoms with E-state index in [9.17, 15) is 9.59 Å². The molecule has 0 unspecified atom stereocenters. The van der Waals surface area contributed by atoms with Gasteiger partial charge in [0.25, 0.3) is 11.8 Å². The molecule has 6 nitrogen and oxygen atoms in total. The Morgan fingerprint density at radius 2 is 1.46 bits per heavy atom. The second-order valence-electron chi connectivity index (χ2n) is 6.32. The molecule has 0 atom stereocenters. The Kier molecular flexibility index (Phi) is 6.92. The lowest BCUT2D eigenvalue weighted by atomic mass is 10.2. The van der Waals surface area contributed by atoms with Gasteiger partial charge in [-0.05, 0) is 47.1 Å². The summed E-state index contributed by atoms with van der Waals surface area (Å²) in [5, 5.41) is 0. The van der Waals surface area contributed by atoms with E-state index in [2.05, 4.69) is 15.9 Å². The zero-order chi connectivity index (χ0) is 19.9. The maximum atomic E-state index is 12.7. The van der Waals surface area contributed by atoms with Gasteiger partial charge in [-0.15, -0.1) is 0 Å². The third kappa shape index (κ3) is 4.84. The summed E-state index contributed by atoms with van der Waals surface area (Å²) >= 11 is 3.42. The van der Waals surface area contributed by atoms with Crippen molar-refractivity contribution < 1.29 is 19.1 Å². The van der Waals surface area contributed by atoms with E-state index in [1.165, 1.54) is 0 Å². The van der Waals surface area contributed by atoms with Gasteiger partial charge in [-0.1, -0.05) is 24.3 Å². The Morgan fingerprint density at radius 1 is 0.893 bits per heavy atom. The molecule has 1 aliphatic rings. The molecule has 2 aromatic rings. The van der Waals surface area contributed by atoms with E-state index in [4.69, 9.17) is 9.47 Å². The van der Waals surface area contributed by atoms with E-state index < -0.39 is 0 Å². The van der Waals surface area contributed by atoms with Crippen LogP contribution in [0, 0.1) is 0 Å². The summed E-state index contributed by atoms with van der Waals surface area (Å²) < 4.78 is 11.9. The predicted octanol–water partition coefficient (Wildman–Crippen LogP) is 3.21. The van der Waals surface area contributed by atoms with Crippen LogP contribution in [0.2, 0.25) is 0 Å².